The molecule has 1 amide bonds. The Morgan fingerprint density at radius 2 is 1.91 bits per heavy atom. The lowest BCUT2D eigenvalue weighted by atomic mass is 9.97. The highest BCUT2D eigenvalue weighted by Crippen LogP contribution is 2.36. The van der Waals surface area contributed by atoms with Gasteiger partial charge in [0.15, 0.2) is 0 Å². The lowest BCUT2D eigenvalue weighted by Crippen LogP contribution is -2.35. The van der Waals surface area contributed by atoms with Crippen LogP contribution in [0.5, 0.6) is 0 Å². The Balaban J connectivity index is 1.46. The Kier molecular flexibility index (Phi) is 9.32. The quantitative estimate of drug-likeness (QED) is 0.317. The van der Waals surface area contributed by atoms with Crippen LogP contribution in [0.15, 0.2) is 42.5 Å². The number of aliphatic hydroxyl groups excluding tert-OH is 2. The molecule has 3 aromatic rings. The molecule has 3 N–H and O–H groups in total. The van der Waals surface area contributed by atoms with E-state index in [1.807, 2.05) is 4.90 Å². The Morgan fingerprint density at radius 1 is 1.16 bits per heavy atom. The van der Waals surface area contributed by atoms with Crippen LogP contribution < -0.4 is 5.32 Å². The van der Waals surface area contributed by atoms with Crippen LogP contribution in [0.2, 0.25) is 0 Å². The summed E-state index contributed by atoms with van der Waals surface area (Å²) in [5.41, 5.74) is 1.33. The number of carbonyl (C=O) groups excluding carboxylic acids is 1. The minimum absolute atomic E-state index is 0.105. The summed E-state index contributed by atoms with van der Waals surface area (Å²) >= 11 is 0. The number of nitrogens with one attached hydrogen (secondary N) is 1. The summed E-state index contributed by atoms with van der Waals surface area (Å²) in [6, 6.07) is 8.28. The highest BCUT2D eigenvalue weighted by molar-refractivity contribution is 7.81. The number of carbonyl (C=O) groups is 1. The van der Waals surface area contributed by atoms with Gasteiger partial charge in [-0.2, -0.15) is 18.3 Å². The van der Waals surface area contributed by atoms with Crippen LogP contribution in [0, 0.1) is 5.82 Å². The van der Waals surface area contributed by atoms with Crippen molar-refractivity contribution in [3.05, 3.63) is 76.2 Å². The minimum atomic E-state index is -4.68. The molecule has 43 heavy (non-hydrogen) atoms. The monoisotopic (exact) mass is 623 g/mol. The zero-order valence-electron chi connectivity index (χ0n) is 23.5. The van der Waals surface area contributed by atoms with Crippen LogP contribution >= 0.6 is 0 Å². The summed E-state index contributed by atoms with van der Waals surface area (Å²) < 4.78 is 70.9. The van der Waals surface area contributed by atoms with Crippen molar-refractivity contribution in [1.29, 1.82) is 0 Å². The third-order valence-corrected chi connectivity index (χ3v) is 8.83. The van der Waals surface area contributed by atoms with E-state index in [1.54, 1.807) is 15.2 Å². The summed E-state index contributed by atoms with van der Waals surface area (Å²) in [6.45, 7) is 1.94. The number of benzene rings is 2. The van der Waals surface area contributed by atoms with Crippen molar-refractivity contribution in [2.75, 3.05) is 32.4 Å². The van der Waals surface area contributed by atoms with Crippen LogP contribution in [-0.2, 0) is 43.2 Å². The third kappa shape index (κ3) is 7.32. The van der Waals surface area contributed by atoms with Crippen molar-refractivity contribution >= 4 is 16.9 Å². The van der Waals surface area contributed by atoms with Gasteiger partial charge in [-0.15, -0.1) is 0 Å². The summed E-state index contributed by atoms with van der Waals surface area (Å²) in [5.74, 6) is -1.19. The second kappa shape index (κ2) is 12.8. The second-order valence-corrected chi connectivity index (χ2v) is 12.3. The lowest BCUT2D eigenvalue weighted by molar-refractivity contribution is -0.138. The zero-order chi connectivity index (χ0) is 30.9. The molecule has 3 unspecified atom stereocenters. The Hall–Kier alpha value is -3.17. The molecule has 0 bridgehead atoms. The molecule has 0 saturated carbocycles. The third-order valence-electron chi connectivity index (χ3n) is 7.79. The van der Waals surface area contributed by atoms with Crippen molar-refractivity contribution in [2.45, 2.75) is 50.9 Å². The first-order chi connectivity index (χ1) is 20.4. The first-order valence-corrected chi connectivity index (χ1v) is 15.4. The second-order valence-electron chi connectivity index (χ2n) is 10.9. The first kappa shape index (κ1) is 31.3. The average Bonchev–Trinajstić information content (AvgIpc) is 3.53. The molecule has 1 saturated heterocycles. The smallest absolute Gasteiger partial charge is 0.392 e. The minimum Gasteiger partial charge on any atom is -0.392 e. The number of alkyl halides is 3. The molecule has 1 fully saturated rings. The van der Waals surface area contributed by atoms with Crippen LogP contribution in [-0.4, -0.2) is 84.0 Å². The maximum atomic E-state index is 14.0. The Morgan fingerprint density at radius 3 is 2.56 bits per heavy atom. The van der Waals surface area contributed by atoms with Gasteiger partial charge in [-0.25, -0.2) is 12.9 Å². The van der Waals surface area contributed by atoms with Gasteiger partial charge in [0.2, 0.25) is 0 Å². The predicted molar refractivity (Wildman–Crippen MR) is 151 cm³/mol. The fourth-order valence-electron chi connectivity index (χ4n) is 5.64. The predicted octanol–water partition coefficient (Wildman–Crippen LogP) is 2.72. The van der Waals surface area contributed by atoms with E-state index < -0.39 is 53.2 Å². The number of hydrogen-bond acceptors (Lipinski definition) is 6. The lowest BCUT2D eigenvalue weighted by Gasteiger charge is -2.26. The maximum absolute atomic E-state index is 14.0. The van der Waals surface area contributed by atoms with E-state index in [1.165, 1.54) is 24.3 Å². The molecule has 5 rings (SSSR count). The fraction of sp³-hybridized carbons (Fsp3) is 0.448. The number of aromatic nitrogens is 2. The number of fused-ring (bicyclic) bond motifs is 1. The number of hydrogen-bond donors (Lipinski definition) is 3. The van der Waals surface area contributed by atoms with E-state index in [-0.39, 0.29) is 24.2 Å². The van der Waals surface area contributed by atoms with E-state index in [0.29, 0.717) is 55.8 Å². The highest BCUT2D eigenvalue weighted by Gasteiger charge is 2.34. The van der Waals surface area contributed by atoms with Crippen molar-refractivity contribution in [1.82, 2.24) is 24.3 Å². The molecule has 3 heterocycles. The molecular weight excluding hydrogens is 590 g/mol. The van der Waals surface area contributed by atoms with Gasteiger partial charge < -0.3 is 15.5 Å². The van der Waals surface area contributed by atoms with E-state index in [0.717, 1.165) is 23.9 Å². The Bertz CT molecular complexity index is 1500. The molecule has 0 aliphatic carbocycles. The Labute approximate surface area is 248 Å². The van der Waals surface area contributed by atoms with E-state index in [2.05, 4.69) is 5.32 Å². The highest BCUT2D eigenvalue weighted by atomic mass is 32.2. The van der Waals surface area contributed by atoms with E-state index in [9.17, 15) is 36.8 Å². The molecule has 9 nitrogen and oxygen atoms in total. The molecule has 2 aliphatic heterocycles. The fourth-order valence-corrected chi connectivity index (χ4v) is 6.30. The number of amides is 1. The van der Waals surface area contributed by atoms with Crippen LogP contribution in [0.4, 0.5) is 17.6 Å². The maximum Gasteiger partial charge on any atom is 0.416 e. The van der Waals surface area contributed by atoms with Gasteiger partial charge in [0.05, 0.1) is 41.0 Å². The number of nitrogens with zero attached hydrogens (tertiary/aromatic N) is 4. The van der Waals surface area contributed by atoms with Gasteiger partial charge in [-0.3, -0.25) is 14.4 Å². The molecule has 3 atom stereocenters. The first-order valence-electron chi connectivity index (χ1n) is 13.9. The largest absolute Gasteiger partial charge is 0.416 e. The summed E-state index contributed by atoms with van der Waals surface area (Å²) in [4.78, 5) is 14.5. The van der Waals surface area contributed by atoms with Gasteiger partial charge in [0.25, 0.3) is 5.91 Å². The summed E-state index contributed by atoms with van der Waals surface area (Å²) in [7, 11) is -1.28. The van der Waals surface area contributed by atoms with Gasteiger partial charge >= 0.3 is 6.18 Å². The van der Waals surface area contributed by atoms with Crippen LogP contribution in [0.3, 0.4) is 0 Å². The molecule has 0 radical (unpaired) electrons. The van der Waals surface area contributed by atoms with Gasteiger partial charge in [-0.05, 0) is 48.4 Å². The SMILES string of the molecule is CS(=O)N1CCc2c(c(-c3ccc(C(F)(F)F)c(CNC(=O)c4ccc(F)cc4)c3)nn2CC(O)CN2CCC(O)C2)C1. The van der Waals surface area contributed by atoms with Gasteiger partial charge in [0, 0.05) is 74.3 Å². The van der Waals surface area contributed by atoms with Crippen molar-refractivity contribution < 1.29 is 36.8 Å². The van der Waals surface area contributed by atoms with Crippen LogP contribution in [0.1, 0.15) is 39.2 Å². The van der Waals surface area contributed by atoms with E-state index in [4.69, 9.17) is 5.10 Å². The summed E-state index contributed by atoms with van der Waals surface area (Å²) in [6.07, 6.45) is -3.23. The number of halogens is 4. The van der Waals surface area contributed by atoms with Gasteiger partial charge in [-0.1, -0.05) is 6.07 Å². The number of likely N-dealkylation sites (tertiary alicyclic amines) is 1. The topological polar surface area (TPSA) is 111 Å². The van der Waals surface area contributed by atoms with Gasteiger partial charge in [0.1, 0.15) is 5.82 Å². The average molecular weight is 624 g/mol. The molecule has 0 spiro atoms. The number of aliphatic hydroxyl groups is 2. The standard InChI is InChI=1S/C29H33F4N5O4S/c1-43(42)37-11-9-26-24(17-37)27(35-38(26)16-23(40)15-36-10-8-22(39)14-36)19-4-7-25(29(31,32)33)20(12-19)13-34-28(41)18-2-5-21(30)6-3-18/h2-7,12,22-23,39-40H,8-11,13-17H2,1H3,(H,34,41). The molecule has 2 aliphatic rings. The number of rotatable bonds is 9. The van der Waals surface area contributed by atoms with Crippen molar-refractivity contribution in [3.63, 3.8) is 0 Å². The van der Waals surface area contributed by atoms with Crippen molar-refractivity contribution in [2.24, 2.45) is 0 Å². The number of β-amino-alcohol motifs (C(OH)–C–C–N with tert-alkyl or cyclic N) is 2. The van der Waals surface area contributed by atoms with Crippen LogP contribution in [0.25, 0.3) is 11.3 Å². The zero-order valence-corrected chi connectivity index (χ0v) is 24.3. The molecule has 2 aromatic carbocycles. The molecule has 14 heteroatoms. The molecular formula is C29H33F4N5O4S. The normalized spacial score (nSPS) is 19.3. The summed E-state index contributed by atoms with van der Waals surface area (Å²) in [5, 5.41) is 27.9. The van der Waals surface area contributed by atoms with Crippen molar-refractivity contribution in [3.8, 4) is 11.3 Å². The molecule has 232 valence electrons. The van der Waals surface area contributed by atoms with E-state index >= 15 is 0 Å². The molecule has 1 aromatic heterocycles.